The molecule has 1 aromatic heterocycles. The van der Waals surface area contributed by atoms with E-state index in [0.717, 1.165) is 18.3 Å². The summed E-state index contributed by atoms with van der Waals surface area (Å²) in [5, 5.41) is -0.169. The van der Waals surface area contributed by atoms with Gasteiger partial charge in [-0.05, 0) is 0 Å². The van der Waals surface area contributed by atoms with E-state index in [4.69, 9.17) is 5.73 Å². The summed E-state index contributed by atoms with van der Waals surface area (Å²) in [6.07, 6.45) is 1.39. The molecule has 62 valence electrons. The van der Waals surface area contributed by atoms with Gasteiger partial charge in [-0.25, -0.2) is 4.98 Å². The van der Waals surface area contributed by atoms with Crippen molar-refractivity contribution >= 4 is 11.3 Å². The number of alkyl halides is 2. The molecule has 0 aliphatic heterocycles. The standard InChI is InChI=1S/C6H8F2N2S/c1-6(7,8)5-10-3-4(2-9)11-5/h3H,2,9H2,1H3. The molecule has 0 atom stereocenters. The van der Waals surface area contributed by atoms with Gasteiger partial charge in [0, 0.05) is 24.5 Å². The maximum atomic E-state index is 12.5. The third kappa shape index (κ3) is 1.94. The lowest BCUT2D eigenvalue weighted by Gasteiger charge is -2.03. The van der Waals surface area contributed by atoms with Crippen molar-refractivity contribution in [3.8, 4) is 0 Å². The lowest BCUT2D eigenvalue weighted by Crippen LogP contribution is -2.05. The van der Waals surface area contributed by atoms with Gasteiger partial charge in [-0.3, -0.25) is 0 Å². The zero-order chi connectivity index (χ0) is 8.48. The summed E-state index contributed by atoms with van der Waals surface area (Å²) in [4.78, 5) is 4.23. The van der Waals surface area contributed by atoms with Crippen molar-refractivity contribution in [1.82, 2.24) is 4.98 Å². The van der Waals surface area contributed by atoms with Crippen LogP contribution in [0.4, 0.5) is 8.78 Å². The van der Waals surface area contributed by atoms with E-state index in [9.17, 15) is 8.78 Å². The van der Waals surface area contributed by atoms with Gasteiger partial charge in [-0.2, -0.15) is 8.78 Å². The second kappa shape index (κ2) is 2.83. The highest BCUT2D eigenvalue weighted by Crippen LogP contribution is 2.30. The smallest absolute Gasteiger partial charge is 0.296 e. The molecule has 11 heavy (non-hydrogen) atoms. The number of nitrogens with two attached hydrogens (primary N) is 1. The van der Waals surface area contributed by atoms with Crippen molar-refractivity contribution in [2.45, 2.75) is 19.4 Å². The minimum absolute atomic E-state index is 0.169. The van der Waals surface area contributed by atoms with Crippen LogP contribution in [0.25, 0.3) is 0 Å². The van der Waals surface area contributed by atoms with Gasteiger partial charge in [-0.1, -0.05) is 0 Å². The predicted octanol–water partition coefficient (Wildman–Crippen LogP) is 1.71. The third-order valence-corrected chi connectivity index (χ3v) is 2.32. The Labute approximate surface area is 67.1 Å². The van der Waals surface area contributed by atoms with Gasteiger partial charge < -0.3 is 5.73 Å². The Kier molecular flexibility index (Phi) is 2.20. The first kappa shape index (κ1) is 8.55. The average molecular weight is 178 g/mol. The summed E-state index contributed by atoms with van der Waals surface area (Å²) in [6.45, 7) is 1.10. The van der Waals surface area contributed by atoms with Gasteiger partial charge in [-0.15, -0.1) is 11.3 Å². The fourth-order valence-electron chi connectivity index (χ4n) is 0.605. The number of hydrogen-bond acceptors (Lipinski definition) is 3. The molecule has 0 bridgehead atoms. The molecule has 0 amide bonds. The maximum Gasteiger partial charge on any atom is 0.296 e. The van der Waals surface area contributed by atoms with Gasteiger partial charge in [0.2, 0.25) is 0 Å². The second-order valence-corrected chi connectivity index (χ2v) is 3.34. The molecule has 0 unspecified atom stereocenters. The van der Waals surface area contributed by atoms with Crippen LogP contribution < -0.4 is 5.73 Å². The summed E-state index contributed by atoms with van der Waals surface area (Å²) in [7, 11) is 0. The molecule has 0 aliphatic carbocycles. The largest absolute Gasteiger partial charge is 0.326 e. The third-order valence-electron chi connectivity index (χ3n) is 1.13. The fraction of sp³-hybridized carbons (Fsp3) is 0.500. The van der Waals surface area contributed by atoms with Crippen LogP contribution in [0.2, 0.25) is 0 Å². The molecule has 1 heterocycles. The summed E-state index contributed by atoms with van der Waals surface area (Å²) >= 11 is 0.954. The molecule has 2 N–H and O–H groups in total. The SMILES string of the molecule is CC(F)(F)c1ncc(CN)s1. The molecule has 0 saturated carbocycles. The highest BCUT2D eigenvalue weighted by Gasteiger charge is 2.27. The van der Waals surface area contributed by atoms with E-state index in [1.165, 1.54) is 6.20 Å². The van der Waals surface area contributed by atoms with Crippen LogP contribution >= 0.6 is 11.3 Å². The van der Waals surface area contributed by atoms with Crippen molar-refractivity contribution in [2.75, 3.05) is 0 Å². The Morgan fingerprint density at radius 3 is 2.64 bits per heavy atom. The fourth-order valence-corrected chi connectivity index (χ4v) is 1.33. The van der Waals surface area contributed by atoms with E-state index in [2.05, 4.69) is 4.98 Å². The Morgan fingerprint density at radius 1 is 1.73 bits per heavy atom. The second-order valence-electron chi connectivity index (χ2n) is 2.22. The lowest BCUT2D eigenvalue weighted by atomic mass is 10.4. The molecule has 0 spiro atoms. The van der Waals surface area contributed by atoms with Gasteiger partial charge in [0.1, 0.15) is 0 Å². The quantitative estimate of drug-likeness (QED) is 0.748. The van der Waals surface area contributed by atoms with E-state index in [-0.39, 0.29) is 11.6 Å². The molecule has 0 aliphatic rings. The van der Waals surface area contributed by atoms with Crippen LogP contribution in [0.3, 0.4) is 0 Å². The molecule has 0 aromatic carbocycles. The van der Waals surface area contributed by atoms with Crippen LogP contribution in [-0.2, 0) is 12.5 Å². The Hall–Kier alpha value is -0.550. The van der Waals surface area contributed by atoms with Crippen LogP contribution in [0.1, 0.15) is 16.8 Å². The Bertz CT molecular complexity index is 241. The van der Waals surface area contributed by atoms with Gasteiger partial charge in [0.25, 0.3) is 5.92 Å². The molecule has 0 radical (unpaired) electrons. The molecule has 0 fully saturated rings. The summed E-state index contributed by atoms with van der Waals surface area (Å²) < 4.78 is 25.0. The zero-order valence-electron chi connectivity index (χ0n) is 5.97. The van der Waals surface area contributed by atoms with Gasteiger partial charge in [0.05, 0.1) is 0 Å². The molecule has 2 nitrogen and oxygen atoms in total. The zero-order valence-corrected chi connectivity index (χ0v) is 6.79. The molecular weight excluding hydrogens is 170 g/mol. The van der Waals surface area contributed by atoms with Crippen LogP contribution in [-0.4, -0.2) is 4.98 Å². The number of nitrogens with zero attached hydrogens (tertiary/aromatic N) is 1. The minimum atomic E-state index is -2.84. The monoisotopic (exact) mass is 178 g/mol. The summed E-state index contributed by atoms with van der Waals surface area (Å²) in [5.74, 6) is -2.84. The highest BCUT2D eigenvalue weighted by atomic mass is 32.1. The van der Waals surface area contributed by atoms with Crippen molar-refractivity contribution in [2.24, 2.45) is 5.73 Å². The first-order chi connectivity index (χ1) is 5.04. The van der Waals surface area contributed by atoms with Crippen LogP contribution in [0.15, 0.2) is 6.20 Å². The normalized spacial score (nSPS) is 12.0. The van der Waals surface area contributed by atoms with Gasteiger partial charge in [0.15, 0.2) is 5.01 Å². The first-order valence-electron chi connectivity index (χ1n) is 3.07. The minimum Gasteiger partial charge on any atom is -0.326 e. The van der Waals surface area contributed by atoms with E-state index in [1.54, 1.807) is 0 Å². The van der Waals surface area contributed by atoms with Crippen LogP contribution in [0.5, 0.6) is 0 Å². The molecule has 1 rings (SSSR count). The van der Waals surface area contributed by atoms with Crippen molar-refractivity contribution in [1.29, 1.82) is 0 Å². The Morgan fingerprint density at radius 2 is 2.36 bits per heavy atom. The lowest BCUT2D eigenvalue weighted by molar-refractivity contribution is 0.0172. The van der Waals surface area contributed by atoms with Crippen molar-refractivity contribution in [3.05, 3.63) is 16.1 Å². The topological polar surface area (TPSA) is 38.9 Å². The number of rotatable bonds is 2. The molecular formula is C6H8F2N2S. The van der Waals surface area contributed by atoms with Gasteiger partial charge >= 0.3 is 0 Å². The molecule has 5 heteroatoms. The number of halogens is 2. The number of hydrogen-bond donors (Lipinski definition) is 1. The Balaban J connectivity index is 2.89. The maximum absolute atomic E-state index is 12.5. The molecule has 0 saturated heterocycles. The summed E-state index contributed by atoms with van der Waals surface area (Å²) in [6, 6.07) is 0. The highest BCUT2D eigenvalue weighted by molar-refractivity contribution is 7.11. The number of thiazole rings is 1. The molecule has 1 aromatic rings. The average Bonchev–Trinajstić information content (AvgIpc) is 2.32. The van der Waals surface area contributed by atoms with E-state index >= 15 is 0 Å². The van der Waals surface area contributed by atoms with E-state index in [1.807, 2.05) is 0 Å². The van der Waals surface area contributed by atoms with Crippen molar-refractivity contribution < 1.29 is 8.78 Å². The van der Waals surface area contributed by atoms with E-state index in [0.29, 0.717) is 4.88 Å². The van der Waals surface area contributed by atoms with Crippen LogP contribution in [0, 0.1) is 0 Å². The predicted molar refractivity (Wildman–Crippen MR) is 39.6 cm³/mol. The number of aromatic nitrogens is 1. The van der Waals surface area contributed by atoms with Crippen molar-refractivity contribution in [3.63, 3.8) is 0 Å². The first-order valence-corrected chi connectivity index (χ1v) is 3.88. The van der Waals surface area contributed by atoms with E-state index < -0.39 is 5.92 Å². The summed E-state index contributed by atoms with van der Waals surface area (Å²) in [5.41, 5.74) is 5.23.